The Morgan fingerprint density at radius 2 is 1.77 bits per heavy atom. The van der Waals surface area contributed by atoms with E-state index in [-0.39, 0.29) is 0 Å². The average molecular weight is 377 g/mol. The van der Waals surface area contributed by atoms with Gasteiger partial charge in [0.25, 0.3) is 0 Å². The molecule has 1 heterocycles. The Morgan fingerprint density at radius 1 is 1.04 bits per heavy atom. The van der Waals surface area contributed by atoms with Gasteiger partial charge < -0.3 is 4.57 Å². The molecule has 0 amide bonds. The maximum Gasteiger partial charge on any atom is 0.416 e. The highest BCUT2D eigenvalue weighted by Gasteiger charge is 2.30. The van der Waals surface area contributed by atoms with Crippen molar-refractivity contribution in [3.63, 3.8) is 0 Å². The third-order valence-corrected chi connectivity index (χ3v) is 5.00. The molecule has 0 unspecified atom stereocenters. The summed E-state index contributed by atoms with van der Waals surface area (Å²) in [5.74, 6) is 1.16. The van der Waals surface area contributed by atoms with E-state index < -0.39 is 11.7 Å². The minimum absolute atomic E-state index is 0.399. The number of halogens is 3. The second-order valence-electron chi connectivity index (χ2n) is 5.90. The summed E-state index contributed by atoms with van der Waals surface area (Å²) in [4.78, 5) is 0. The molecule has 26 heavy (non-hydrogen) atoms. The highest BCUT2D eigenvalue weighted by atomic mass is 32.2. The predicted molar refractivity (Wildman–Crippen MR) is 96.9 cm³/mol. The summed E-state index contributed by atoms with van der Waals surface area (Å²) in [6, 6.07) is 13.4. The lowest BCUT2D eigenvalue weighted by molar-refractivity contribution is -0.137. The molecule has 3 nitrogen and oxygen atoms in total. The molecule has 0 bridgehead atoms. The summed E-state index contributed by atoms with van der Waals surface area (Å²) in [5.41, 5.74) is 2.10. The Kier molecular flexibility index (Phi) is 5.36. The van der Waals surface area contributed by atoms with Crippen molar-refractivity contribution in [3.05, 3.63) is 65.2 Å². The van der Waals surface area contributed by atoms with Gasteiger partial charge in [-0.1, -0.05) is 59.8 Å². The van der Waals surface area contributed by atoms with E-state index in [0.717, 1.165) is 23.0 Å². The van der Waals surface area contributed by atoms with Crippen molar-refractivity contribution in [3.8, 4) is 11.4 Å². The number of thioether (sulfide) groups is 1. The van der Waals surface area contributed by atoms with Crippen molar-refractivity contribution in [2.24, 2.45) is 0 Å². The summed E-state index contributed by atoms with van der Waals surface area (Å²) in [6.45, 7) is 4.70. The number of aryl methyl sites for hydroxylation is 1. The highest BCUT2D eigenvalue weighted by Crippen LogP contribution is 2.31. The van der Waals surface area contributed by atoms with Crippen LogP contribution in [0.2, 0.25) is 0 Å². The van der Waals surface area contributed by atoms with E-state index in [0.29, 0.717) is 23.0 Å². The van der Waals surface area contributed by atoms with E-state index in [1.165, 1.54) is 23.9 Å². The first kappa shape index (κ1) is 18.5. The molecule has 3 rings (SSSR count). The van der Waals surface area contributed by atoms with Crippen LogP contribution < -0.4 is 0 Å². The molecule has 7 heteroatoms. The van der Waals surface area contributed by atoms with Gasteiger partial charge in [-0.25, -0.2) is 0 Å². The van der Waals surface area contributed by atoms with Crippen LogP contribution in [0.5, 0.6) is 0 Å². The summed E-state index contributed by atoms with van der Waals surface area (Å²) in [7, 11) is 0. The van der Waals surface area contributed by atoms with Crippen molar-refractivity contribution in [1.29, 1.82) is 0 Å². The van der Waals surface area contributed by atoms with E-state index in [1.54, 1.807) is 6.07 Å². The topological polar surface area (TPSA) is 30.7 Å². The molecule has 0 fully saturated rings. The number of benzene rings is 2. The van der Waals surface area contributed by atoms with Gasteiger partial charge in [-0.3, -0.25) is 0 Å². The summed E-state index contributed by atoms with van der Waals surface area (Å²) in [5, 5.41) is 9.19. The molecule has 0 radical (unpaired) electrons. The largest absolute Gasteiger partial charge is 0.416 e. The number of alkyl halides is 3. The molecule has 0 atom stereocenters. The van der Waals surface area contributed by atoms with Crippen LogP contribution in [-0.4, -0.2) is 14.8 Å². The lowest BCUT2D eigenvalue weighted by Crippen LogP contribution is -2.05. The van der Waals surface area contributed by atoms with Gasteiger partial charge in [0.05, 0.1) is 5.56 Å². The van der Waals surface area contributed by atoms with Gasteiger partial charge >= 0.3 is 6.18 Å². The van der Waals surface area contributed by atoms with Gasteiger partial charge in [0.15, 0.2) is 11.0 Å². The number of aromatic nitrogens is 3. The van der Waals surface area contributed by atoms with Crippen LogP contribution in [0.25, 0.3) is 11.4 Å². The Morgan fingerprint density at radius 3 is 2.42 bits per heavy atom. The molecule has 0 aliphatic carbocycles. The number of nitrogens with zero attached hydrogens (tertiary/aromatic N) is 3. The standard InChI is InChI=1S/C19H18F3N3S/c1-3-25-17(15-9-7-13(2)8-10-15)23-24-18(25)26-12-14-5-4-6-16(11-14)19(20,21)22/h4-11H,3,12H2,1-2H3. The van der Waals surface area contributed by atoms with Crippen LogP contribution >= 0.6 is 11.8 Å². The molecule has 3 aromatic rings. The first-order valence-corrected chi connectivity index (χ1v) is 9.16. The zero-order chi connectivity index (χ0) is 18.7. The minimum Gasteiger partial charge on any atom is -0.302 e. The third-order valence-electron chi connectivity index (χ3n) is 3.97. The lowest BCUT2D eigenvalue weighted by Gasteiger charge is -2.09. The van der Waals surface area contributed by atoms with Crippen LogP contribution in [0.15, 0.2) is 53.7 Å². The number of rotatable bonds is 5. The van der Waals surface area contributed by atoms with Crippen LogP contribution in [0.1, 0.15) is 23.6 Å². The van der Waals surface area contributed by atoms with E-state index in [4.69, 9.17) is 0 Å². The van der Waals surface area contributed by atoms with E-state index in [2.05, 4.69) is 10.2 Å². The quantitative estimate of drug-likeness (QED) is 0.544. The zero-order valence-electron chi connectivity index (χ0n) is 14.4. The van der Waals surface area contributed by atoms with E-state index in [9.17, 15) is 13.2 Å². The van der Waals surface area contributed by atoms with Gasteiger partial charge in [-0.05, 0) is 25.5 Å². The summed E-state index contributed by atoms with van der Waals surface area (Å²) < 4.78 is 40.5. The molecule has 0 saturated heterocycles. The van der Waals surface area contributed by atoms with Crippen LogP contribution in [0, 0.1) is 6.92 Å². The molecule has 0 N–H and O–H groups in total. The first-order valence-electron chi connectivity index (χ1n) is 8.17. The minimum atomic E-state index is -4.33. The van der Waals surface area contributed by atoms with Crippen molar-refractivity contribution < 1.29 is 13.2 Å². The predicted octanol–water partition coefficient (Wildman–Crippen LogP) is 5.58. The van der Waals surface area contributed by atoms with Gasteiger partial charge in [0.1, 0.15) is 0 Å². The molecule has 0 saturated carbocycles. The Bertz CT molecular complexity index is 886. The van der Waals surface area contributed by atoms with Gasteiger partial charge in [0.2, 0.25) is 0 Å². The first-order chi connectivity index (χ1) is 12.4. The monoisotopic (exact) mass is 377 g/mol. The fourth-order valence-electron chi connectivity index (χ4n) is 2.58. The van der Waals surface area contributed by atoms with Gasteiger partial charge in [-0.15, -0.1) is 10.2 Å². The van der Waals surface area contributed by atoms with Crippen molar-refractivity contribution >= 4 is 11.8 Å². The molecule has 0 aliphatic rings. The smallest absolute Gasteiger partial charge is 0.302 e. The molecule has 0 spiro atoms. The van der Waals surface area contributed by atoms with Crippen molar-refractivity contribution in [1.82, 2.24) is 14.8 Å². The molecular weight excluding hydrogens is 359 g/mol. The maximum absolute atomic E-state index is 12.8. The van der Waals surface area contributed by atoms with Gasteiger partial charge in [0, 0.05) is 17.9 Å². The Balaban J connectivity index is 1.80. The van der Waals surface area contributed by atoms with Gasteiger partial charge in [-0.2, -0.15) is 13.2 Å². The van der Waals surface area contributed by atoms with Crippen LogP contribution in [0.4, 0.5) is 13.2 Å². The highest BCUT2D eigenvalue weighted by molar-refractivity contribution is 7.98. The molecule has 1 aromatic heterocycles. The van der Waals surface area contributed by atoms with Crippen LogP contribution in [0.3, 0.4) is 0 Å². The Labute approximate surface area is 154 Å². The maximum atomic E-state index is 12.8. The second kappa shape index (κ2) is 7.53. The van der Waals surface area contributed by atoms with Crippen molar-refractivity contribution in [2.45, 2.75) is 37.5 Å². The zero-order valence-corrected chi connectivity index (χ0v) is 15.2. The molecule has 0 aliphatic heterocycles. The average Bonchev–Trinajstić information content (AvgIpc) is 3.03. The molecular formula is C19H18F3N3S. The molecule has 136 valence electrons. The normalized spacial score (nSPS) is 11.7. The second-order valence-corrected chi connectivity index (χ2v) is 6.85. The SMILES string of the molecule is CCn1c(SCc2cccc(C(F)(F)F)c2)nnc1-c1ccc(C)cc1. The number of hydrogen-bond donors (Lipinski definition) is 0. The van der Waals surface area contributed by atoms with E-state index in [1.807, 2.05) is 42.7 Å². The lowest BCUT2D eigenvalue weighted by atomic mass is 10.1. The fourth-order valence-corrected chi connectivity index (χ4v) is 3.53. The summed E-state index contributed by atoms with van der Waals surface area (Å²) >= 11 is 1.38. The van der Waals surface area contributed by atoms with Crippen molar-refractivity contribution in [2.75, 3.05) is 0 Å². The van der Waals surface area contributed by atoms with E-state index >= 15 is 0 Å². The van der Waals surface area contributed by atoms with Crippen LogP contribution in [-0.2, 0) is 18.5 Å². The number of hydrogen-bond acceptors (Lipinski definition) is 3. The fraction of sp³-hybridized carbons (Fsp3) is 0.263. The molecule has 2 aromatic carbocycles. The summed E-state index contributed by atoms with van der Waals surface area (Å²) in [6.07, 6.45) is -4.33. The Hall–Kier alpha value is -2.28. The third kappa shape index (κ3) is 4.09.